The van der Waals surface area contributed by atoms with Gasteiger partial charge in [0.25, 0.3) is 15.9 Å². The molecule has 1 aliphatic rings. The molecule has 1 amide bonds. The summed E-state index contributed by atoms with van der Waals surface area (Å²) in [5.41, 5.74) is 3.87. The molecule has 1 N–H and O–H groups in total. The highest BCUT2D eigenvalue weighted by Gasteiger charge is 2.27. The summed E-state index contributed by atoms with van der Waals surface area (Å²) < 4.78 is 40.2. The molecule has 0 bridgehead atoms. The number of sulfonamides is 1. The molecule has 2 heterocycles. The molecular weight excluding hydrogens is 522 g/mol. The van der Waals surface area contributed by atoms with E-state index in [2.05, 4.69) is 10.8 Å². The Morgan fingerprint density at radius 3 is 2.42 bits per heavy atom. The van der Waals surface area contributed by atoms with Gasteiger partial charge in [-0.15, -0.1) is 0 Å². The Kier molecular flexibility index (Phi) is 7.38. The maximum Gasteiger partial charge on any atom is 0.261 e. The minimum Gasteiger partial charge on any atom is -0.497 e. The van der Waals surface area contributed by atoms with Gasteiger partial charge in [-0.2, -0.15) is 0 Å². The Morgan fingerprint density at radius 1 is 1.08 bits per heavy atom. The van der Waals surface area contributed by atoms with Crippen molar-refractivity contribution < 1.29 is 22.7 Å². The van der Waals surface area contributed by atoms with Crippen LogP contribution < -0.4 is 14.4 Å². The summed E-state index contributed by atoms with van der Waals surface area (Å²) in [5, 5.41) is 0.627. The van der Waals surface area contributed by atoms with Gasteiger partial charge >= 0.3 is 0 Å². The van der Waals surface area contributed by atoms with Gasteiger partial charge in [-0.25, -0.2) is 13.4 Å². The van der Waals surface area contributed by atoms with Gasteiger partial charge in [-0.05, 0) is 86.3 Å². The van der Waals surface area contributed by atoms with Gasteiger partial charge in [-0.3, -0.25) is 14.4 Å². The second kappa shape index (κ2) is 10.7. The molecule has 1 atom stereocenters. The quantitative estimate of drug-likeness (QED) is 0.308. The Balaban J connectivity index is 1.40. The van der Waals surface area contributed by atoms with Crippen LogP contribution in [0.5, 0.6) is 5.75 Å². The van der Waals surface area contributed by atoms with E-state index in [1.807, 2.05) is 19.9 Å². The first kappa shape index (κ1) is 26.1. The normalized spacial score (nSPS) is 15.5. The number of nitrogens with one attached hydrogen (secondary N) is 1. The number of fused-ring (bicyclic) bond motifs is 1. The van der Waals surface area contributed by atoms with Crippen LogP contribution in [0.15, 0.2) is 65.6 Å². The molecule has 3 aromatic carbocycles. The lowest BCUT2D eigenvalue weighted by molar-refractivity contribution is 0.0917. The summed E-state index contributed by atoms with van der Waals surface area (Å²) >= 11 is 1.50. The summed E-state index contributed by atoms with van der Waals surface area (Å²) in [7, 11) is -2.28. The number of hydrogen-bond acceptors (Lipinski definition) is 7. The molecule has 1 fully saturated rings. The second-order valence-electron chi connectivity index (χ2n) is 9.28. The van der Waals surface area contributed by atoms with Crippen LogP contribution in [-0.4, -0.2) is 45.7 Å². The fourth-order valence-electron chi connectivity index (χ4n) is 4.41. The first-order valence-corrected chi connectivity index (χ1v) is 14.6. The van der Waals surface area contributed by atoms with Gasteiger partial charge in [-0.1, -0.05) is 23.5 Å². The van der Waals surface area contributed by atoms with Crippen molar-refractivity contribution in [2.24, 2.45) is 0 Å². The molecule has 1 aromatic heterocycles. The number of amides is 1. The number of methoxy groups -OCH3 is 1. The molecule has 38 heavy (non-hydrogen) atoms. The van der Waals surface area contributed by atoms with E-state index in [9.17, 15) is 13.2 Å². The number of rotatable bonds is 8. The molecule has 0 spiro atoms. The highest BCUT2D eigenvalue weighted by molar-refractivity contribution is 7.92. The number of aryl methyl sites for hydroxylation is 2. The Labute approximate surface area is 226 Å². The van der Waals surface area contributed by atoms with Crippen molar-refractivity contribution >= 4 is 48.3 Å². The lowest BCUT2D eigenvalue weighted by Crippen LogP contribution is -2.37. The van der Waals surface area contributed by atoms with E-state index in [-0.39, 0.29) is 16.9 Å². The fraction of sp³-hybridized carbons (Fsp3) is 0.286. The van der Waals surface area contributed by atoms with E-state index >= 15 is 0 Å². The molecular formula is C28H29N3O5S2. The molecule has 0 radical (unpaired) electrons. The van der Waals surface area contributed by atoms with Crippen LogP contribution in [0.2, 0.25) is 0 Å². The van der Waals surface area contributed by atoms with Gasteiger partial charge in [0, 0.05) is 17.9 Å². The van der Waals surface area contributed by atoms with E-state index in [1.54, 1.807) is 41.3 Å². The summed E-state index contributed by atoms with van der Waals surface area (Å²) in [5.74, 6) is 0.359. The second-order valence-corrected chi connectivity index (χ2v) is 11.9. The molecule has 1 aliphatic heterocycles. The molecule has 5 rings (SSSR count). The number of carbonyl (C=O) groups is 1. The van der Waals surface area contributed by atoms with Gasteiger partial charge in [0.15, 0.2) is 5.13 Å². The number of nitrogens with zero attached hydrogens (tertiary/aromatic N) is 2. The van der Waals surface area contributed by atoms with Crippen molar-refractivity contribution in [1.82, 2.24) is 4.98 Å². The molecule has 8 nitrogen and oxygen atoms in total. The number of carbonyl (C=O) groups excluding carboxylic acids is 1. The summed E-state index contributed by atoms with van der Waals surface area (Å²) in [4.78, 5) is 20.4. The van der Waals surface area contributed by atoms with Crippen LogP contribution >= 0.6 is 11.3 Å². The topological polar surface area (TPSA) is 97.8 Å². The molecule has 198 valence electrons. The number of anilines is 2. The Morgan fingerprint density at radius 2 is 1.79 bits per heavy atom. The Bertz CT molecular complexity index is 1520. The van der Waals surface area contributed by atoms with Crippen LogP contribution in [0.1, 0.15) is 34.3 Å². The van der Waals surface area contributed by atoms with Crippen molar-refractivity contribution in [2.75, 3.05) is 29.9 Å². The number of thiazole rings is 1. The van der Waals surface area contributed by atoms with Gasteiger partial charge in [0.1, 0.15) is 5.75 Å². The molecule has 1 saturated heterocycles. The fourth-order valence-corrected chi connectivity index (χ4v) is 6.59. The first-order valence-electron chi connectivity index (χ1n) is 12.3. The van der Waals surface area contributed by atoms with Crippen LogP contribution in [0, 0.1) is 13.8 Å². The summed E-state index contributed by atoms with van der Waals surface area (Å²) in [6, 6.07) is 16.7. The van der Waals surface area contributed by atoms with Crippen molar-refractivity contribution in [3.05, 3.63) is 77.4 Å². The summed E-state index contributed by atoms with van der Waals surface area (Å²) in [6.07, 6.45) is 1.80. The van der Waals surface area contributed by atoms with Crippen molar-refractivity contribution in [1.29, 1.82) is 0 Å². The highest BCUT2D eigenvalue weighted by atomic mass is 32.2. The molecule has 4 aromatic rings. The molecule has 0 aliphatic carbocycles. The summed E-state index contributed by atoms with van der Waals surface area (Å²) in [6.45, 7) is 5.15. The SMILES string of the molecule is COc1ccc(S(=O)(=O)Nc2ccc(C(=O)N(CC3CCCO3)c3nc4c(C)ccc(C)c4s3)cc2)cc1. The Hall–Kier alpha value is -3.47. The number of aromatic nitrogens is 1. The minimum atomic E-state index is -3.80. The van der Waals surface area contributed by atoms with E-state index in [4.69, 9.17) is 14.5 Å². The predicted molar refractivity (Wildman–Crippen MR) is 150 cm³/mol. The monoisotopic (exact) mass is 551 g/mol. The lowest BCUT2D eigenvalue weighted by atomic mass is 10.1. The standard InChI is InChI=1S/C28H29N3O5S2/c1-18-6-7-19(2)26-25(18)29-28(37-26)31(17-23-5-4-16-36-23)27(32)20-8-10-21(11-9-20)30-38(33,34)24-14-12-22(35-3)13-15-24/h6-15,23,30H,4-5,16-17H2,1-3H3. The molecule has 10 heteroatoms. The van der Waals surface area contributed by atoms with E-state index in [0.29, 0.717) is 35.3 Å². The predicted octanol–water partition coefficient (Wildman–Crippen LogP) is 5.55. The van der Waals surface area contributed by atoms with Crippen molar-refractivity contribution in [3.63, 3.8) is 0 Å². The lowest BCUT2D eigenvalue weighted by Gasteiger charge is -2.23. The van der Waals surface area contributed by atoms with Gasteiger partial charge < -0.3 is 9.47 Å². The third kappa shape index (κ3) is 5.38. The van der Waals surface area contributed by atoms with Crippen LogP contribution in [0.25, 0.3) is 10.2 Å². The maximum atomic E-state index is 13.7. The average molecular weight is 552 g/mol. The number of hydrogen-bond donors (Lipinski definition) is 1. The van der Waals surface area contributed by atoms with Gasteiger partial charge in [0.05, 0.1) is 34.9 Å². The smallest absolute Gasteiger partial charge is 0.261 e. The average Bonchev–Trinajstić information content (AvgIpc) is 3.60. The third-order valence-corrected chi connectivity index (χ3v) is 9.18. The maximum absolute atomic E-state index is 13.7. The zero-order chi connectivity index (χ0) is 26.9. The number of ether oxygens (including phenoxy) is 2. The highest BCUT2D eigenvalue weighted by Crippen LogP contribution is 2.34. The minimum absolute atomic E-state index is 0.0521. The molecule has 0 saturated carbocycles. The largest absolute Gasteiger partial charge is 0.497 e. The van der Waals surface area contributed by atoms with Gasteiger partial charge in [0.2, 0.25) is 0 Å². The van der Waals surface area contributed by atoms with Crippen molar-refractivity contribution in [3.8, 4) is 5.75 Å². The van der Waals surface area contributed by atoms with E-state index in [0.717, 1.165) is 34.2 Å². The zero-order valence-electron chi connectivity index (χ0n) is 21.4. The van der Waals surface area contributed by atoms with Crippen LogP contribution in [0.4, 0.5) is 10.8 Å². The van der Waals surface area contributed by atoms with Crippen LogP contribution in [-0.2, 0) is 14.8 Å². The first-order chi connectivity index (χ1) is 18.2. The molecule has 1 unspecified atom stereocenters. The van der Waals surface area contributed by atoms with Crippen molar-refractivity contribution in [2.45, 2.75) is 37.7 Å². The third-order valence-electron chi connectivity index (χ3n) is 6.57. The zero-order valence-corrected chi connectivity index (χ0v) is 23.1. The van der Waals surface area contributed by atoms with E-state index < -0.39 is 10.0 Å². The van der Waals surface area contributed by atoms with Crippen LogP contribution in [0.3, 0.4) is 0 Å². The van der Waals surface area contributed by atoms with E-state index in [1.165, 1.54) is 30.6 Å². The number of benzene rings is 3.